The number of carbonyl (C=O) groups is 3. The normalized spacial score (nSPS) is 32.2. The van der Waals surface area contributed by atoms with Gasteiger partial charge in [0.05, 0.1) is 0 Å². The van der Waals surface area contributed by atoms with Crippen molar-refractivity contribution in [3.63, 3.8) is 0 Å². The molecule has 1 unspecified atom stereocenters. The average molecular weight is 242 g/mol. The van der Waals surface area contributed by atoms with Gasteiger partial charge in [0.1, 0.15) is 12.1 Å². The van der Waals surface area contributed by atoms with E-state index in [-0.39, 0.29) is 5.91 Å². The van der Waals surface area contributed by atoms with E-state index in [1.807, 2.05) is 0 Å². The van der Waals surface area contributed by atoms with Gasteiger partial charge in [0.15, 0.2) is 6.23 Å². The van der Waals surface area contributed by atoms with Crippen LogP contribution in [0, 0.1) is 0 Å². The molecule has 0 aliphatic carbocycles. The summed E-state index contributed by atoms with van der Waals surface area (Å²) >= 11 is 0. The highest BCUT2D eigenvalue weighted by Gasteiger charge is 2.34. The van der Waals surface area contributed by atoms with Gasteiger partial charge in [0.2, 0.25) is 5.91 Å². The number of carboxylic acids is 1. The predicted octanol–water partition coefficient (Wildman–Crippen LogP) is -1.03. The summed E-state index contributed by atoms with van der Waals surface area (Å²) in [4.78, 5) is 33.2. The lowest BCUT2D eigenvalue weighted by atomic mass is 10.2. The molecule has 0 saturated carbocycles. The summed E-state index contributed by atoms with van der Waals surface area (Å²) < 4.78 is 5.10. The van der Waals surface area contributed by atoms with Crippen molar-refractivity contribution in [2.75, 3.05) is 0 Å². The maximum Gasteiger partial charge on any atom is 0.330 e. The zero-order valence-electron chi connectivity index (χ0n) is 9.14. The minimum absolute atomic E-state index is 0.158. The van der Waals surface area contributed by atoms with E-state index >= 15 is 0 Å². The summed E-state index contributed by atoms with van der Waals surface area (Å²) in [6.45, 7) is 0. The van der Waals surface area contributed by atoms with Crippen molar-refractivity contribution in [3.05, 3.63) is 0 Å². The van der Waals surface area contributed by atoms with E-state index in [2.05, 4.69) is 10.6 Å². The molecule has 2 fully saturated rings. The second-order valence-electron chi connectivity index (χ2n) is 4.22. The molecule has 2 aliphatic heterocycles. The fourth-order valence-electron chi connectivity index (χ4n) is 2.01. The van der Waals surface area contributed by atoms with Crippen molar-refractivity contribution in [2.45, 2.75) is 44.0 Å². The predicted molar refractivity (Wildman–Crippen MR) is 54.8 cm³/mol. The third-order valence-electron chi connectivity index (χ3n) is 2.94. The van der Waals surface area contributed by atoms with Crippen molar-refractivity contribution in [3.8, 4) is 0 Å². The Hall–Kier alpha value is -1.63. The Bertz CT molecular complexity index is 357. The Kier molecular flexibility index (Phi) is 3.28. The smallest absolute Gasteiger partial charge is 0.330 e. The van der Waals surface area contributed by atoms with Crippen molar-refractivity contribution >= 4 is 17.8 Å². The van der Waals surface area contributed by atoms with E-state index in [0.717, 1.165) is 0 Å². The fourth-order valence-corrected chi connectivity index (χ4v) is 2.01. The molecule has 3 N–H and O–H groups in total. The van der Waals surface area contributed by atoms with Gasteiger partial charge in [-0.15, -0.1) is 0 Å². The molecule has 2 saturated heterocycles. The lowest BCUT2D eigenvalue weighted by Gasteiger charge is -2.16. The van der Waals surface area contributed by atoms with Crippen LogP contribution in [0.3, 0.4) is 0 Å². The van der Waals surface area contributed by atoms with E-state index < -0.39 is 30.3 Å². The first kappa shape index (κ1) is 11.8. The molecule has 0 aromatic rings. The van der Waals surface area contributed by atoms with Crippen LogP contribution < -0.4 is 10.6 Å². The minimum atomic E-state index is -0.947. The SMILES string of the molecule is O=C1CC[C@@H](C(=O)OC2CC[C@@H](C(=O)O)N2)N1. The number of aliphatic carboxylic acids is 1. The topological polar surface area (TPSA) is 105 Å². The van der Waals surface area contributed by atoms with E-state index in [9.17, 15) is 14.4 Å². The monoisotopic (exact) mass is 242 g/mol. The molecule has 7 heteroatoms. The van der Waals surface area contributed by atoms with Crippen LogP contribution in [0.15, 0.2) is 0 Å². The highest BCUT2D eigenvalue weighted by Crippen LogP contribution is 2.16. The Morgan fingerprint density at radius 2 is 2.00 bits per heavy atom. The van der Waals surface area contributed by atoms with Crippen molar-refractivity contribution in [2.24, 2.45) is 0 Å². The third kappa shape index (κ3) is 2.73. The molecule has 1 amide bonds. The van der Waals surface area contributed by atoms with E-state index in [4.69, 9.17) is 9.84 Å². The summed E-state index contributed by atoms with van der Waals surface area (Å²) in [7, 11) is 0. The molecule has 2 heterocycles. The number of carbonyl (C=O) groups excluding carboxylic acids is 2. The Morgan fingerprint density at radius 1 is 1.24 bits per heavy atom. The van der Waals surface area contributed by atoms with Gasteiger partial charge < -0.3 is 15.2 Å². The minimum Gasteiger partial charge on any atom is -0.480 e. The number of rotatable bonds is 3. The Balaban J connectivity index is 1.80. The number of amides is 1. The summed E-state index contributed by atoms with van der Waals surface area (Å²) in [5.74, 6) is -1.60. The van der Waals surface area contributed by atoms with Gasteiger partial charge in [0.25, 0.3) is 0 Å². The van der Waals surface area contributed by atoms with Gasteiger partial charge in [-0.25, -0.2) is 4.79 Å². The second-order valence-corrected chi connectivity index (χ2v) is 4.22. The fraction of sp³-hybridized carbons (Fsp3) is 0.700. The lowest BCUT2D eigenvalue weighted by molar-refractivity contribution is -0.153. The zero-order valence-corrected chi connectivity index (χ0v) is 9.14. The van der Waals surface area contributed by atoms with Crippen LogP contribution >= 0.6 is 0 Å². The number of carboxylic acid groups (broad SMARTS) is 1. The summed E-state index contributed by atoms with van der Waals surface area (Å²) in [6.07, 6.45) is 1.11. The molecule has 94 valence electrons. The number of hydrogen-bond donors (Lipinski definition) is 3. The molecule has 0 bridgehead atoms. The molecule has 7 nitrogen and oxygen atoms in total. The Labute approximate surface area is 97.5 Å². The van der Waals surface area contributed by atoms with Crippen LogP contribution in [0.5, 0.6) is 0 Å². The summed E-state index contributed by atoms with van der Waals surface area (Å²) in [5.41, 5.74) is 0. The lowest BCUT2D eigenvalue weighted by Crippen LogP contribution is -2.42. The van der Waals surface area contributed by atoms with Crippen LogP contribution in [-0.4, -0.2) is 41.3 Å². The second kappa shape index (κ2) is 4.70. The molecule has 17 heavy (non-hydrogen) atoms. The number of esters is 1. The molecular formula is C10H14N2O5. The maximum absolute atomic E-state index is 11.6. The van der Waals surface area contributed by atoms with E-state index in [0.29, 0.717) is 25.7 Å². The molecule has 2 aliphatic rings. The number of hydrogen-bond acceptors (Lipinski definition) is 5. The van der Waals surface area contributed by atoms with E-state index in [1.165, 1.54) is 0 Å². The van der Waals surface area contributed by atoms with Crippen LogP contribution in [0.25, 0.3) is 0 Å². The third-order valence-corrected chi connectivity index (χ3v) is 2.94. The quantitative estimate of drug-likeness (QED) is 0.547. The van der Waals surface area contributed by atoms with Crippen molar-refractivity contribution < 1.29 is 24.2 Å². The molecule has 0 spiro atoms. The maximum atomic E-state index is 11.6. The number of ether oxygens (including phenoxy) is 1. The van der Waals surface area contributed by atoms with Gasteiger partial charge in [0, 0.05) is 12.8 Å². The van der Waals surface area contributed by atoms with Gasteiger partial charge in [-0.05, 0) is 12.8 Å². The summed E-state index contributed by atoms with van der Waals surface area (Å²) in [5, 5.41) is 14.0. The highest BCUT2D eigenvalue weighted by atomic mass is 16.6. The van der Waals surface area contributed by atoms with Crippen LogP contribution in [-0.2, 0) is 19.1 Å². The molecule has 0 aromatic carbocycles. The average Bonchev–Trinajstić information content (AvgIpc) is 2.86. The van der Waals surface area contributed by atoms with Crippen molar-refractivity contribution in [1.82, 2.24) is 10.6 Å². The molecular weight excluding hydrogens is 228 g/mol. The van der Waals surface area contributed by atoms with Gasteiger partial charge >= 0.3 is 11.9 Å². The summed E-state index contributed by atoms with van der Waals surface area (Å²) in [6, 6.07) is -1.25. The largest absolute Gasteiger partial charge is 0.480 e. The first-order chi connectivity index (χ1) is 8.06. The van der Waals surface area contributed by atoms with E-state index in [1.54, 1.807) is 0 Å². The molecule has 2 rings (SSSR count). The van der Waals surface area contributed by atoms with Crippen LogP contribution in [0.4, 0.5) is 0 Å². The molecule has 3 atom stereocenters. The Morgan fingerprint density at radius 3 is 2.53 bits per heavy atom. The first-order valence-electron chi connectivity index (χ1n) is 5.55. The standard InChI is InChI=1S/C10H14N2O5/c13-7-3-1-6(11-7)10(16)17-8-4-2-5(12-8)9(14)15/h5-6,8,12H,1-4H2,(H,11,13)(H,14,15)/t5-,6-,8?/m0/s1. The first-order valence-corrected chi connectivity index (χ1v) is 5.55. The van der Waals surface area contributed by atoms with Gasteiger partial charge in [-0.3, -0.25) is 14.9 Å². The number of nitrogens with one attached hydrogen (secondary N) is 2. The van der Waals surface area contributed by atoms with Crippen LogP contribution in [0.1, 0.15) is 25.7 Å². The van der Waals surface area contributed by atoms with Crippen LogP contribution in [0.2, 0.25) is 0 Å². The van der Waals surface area contributed by atoms with Crippen molar-refractivity contribution in [1.29, 1.82) is 0 Å². The molecule has 0 aromatic heterocycles. The molecule has 0 radical (unpaired) electrons. The zero-order chi connectivity index (χ0) is 12.4. The van der Waals surface area contributed by atoms with Gasteiger partial charge in [-0.1, -0.05) is 0 Å². The van der Waals surface area contributed by atoms with Gasteiger partial charge in [-0.2, -0.15) is 0 Å². The highest BCUT2D eigenvalue weighted by molar-refractivity contribution is 5.88.